The first-order valence-corrected chi connectivity index (χ1v) is 12.1. The molecule has 4 rings (SSSR count). The highest BCUT2D eigenvalue weighted by atomic mass is 32.2. The number of nitrogens with one attached hydrogen (secondary N) is 1. The number of nitrogens with zero attached hydrogens (tertiary/aromatic N) is 3. The van der Waals surface area contributed by atoms with Gasteiger partial charge in [0, 0.05) is 51.8 Å². The Bertz CT molecular complexity index is 843. The summed E-state index contributed by atoms with van der Waals surface area (Å²) in [4.78, 5) is 7.13. The second-order valence-electron chi connectivity index (χ2n) is 8.49. The van der Waals surface area contributed by atoms with Crippen LogP contribution in [0.25, 0.3) is 0 Å². The molecule has 1 aromatic rings. The minimum absolute atomic E-state index is 0.278. The number of likely N-dealkylation sites (tertiary alicyclic amines) is 1. The van der Waals surface area contributed by atoms with Crippen LogP contribution in [-0.2, 0) is 21.3 Å². The van der Waals surface area contributed by atoms with Crippen LogP contribution in [-0.4, -0.2) is 70.0 Å². The zero-order valence-electron chi connectivity index (χ0n) is 17.3. The van der Waals surface area contributed by atoms with Crippen LogP contribution in [0.2, 0.25) is 0 Å². The van der Waals surface area contributed by atoms with Gasteiger partial charge >= 0.3 is 0 Å². The number of aliphatic imine (C=N–C) groups is 1. The van der Waals surface area contributed by atoms with E-state index in [1.165, 1.54) is 0 Å². The van der Waals surface area contributed by atoms with Crippen molar-refractivity contribution in [1.29, 1.82) is 0 Å². The van der Waals surface area contributed by atoms with E-state index in [4.69, 9.17) is 4.74 Å². The average molecular weight is 421 g/mol. The summed E-state index contributed by atoms with van der Waals surface area (Å²) in [5.41, 5.74) is 1.22. The molecule has 0 bridgehead atoms. The molecule has 3 heterocycles. The van der Waals surface area contributed by atoms with Crippen molar-refractivity contribution in [1.82, 2.24) is 14.5 Å². The van der Waals surface area contributed by atoms with E-state index in [0.29, 0.717) is 24.5 Å². The molecule has 1 atom stereocenters. The van der Waals surface area contributed by atoms with Crippen molar-refractivity contribution in [2.45, 2.75) is 43.5 Å². The van der Waals surface area contributed by atoms with Crippen LogP contribution in [0.3, 0.4) is 0 Å². The predicted molar refractivity (Wildman–Crippen MR) is 113 cm³/mol. The Morgan fingerprint density at radius 3 is 2.76 bits per heavy atom. The van der Waals surface area contributed by atoms with E-state index in [1.807, 2.05) is 12.1 Å². The number of benzene rings is 1. The highest BCUT2D eigenvalue weighted by Crippen LogP contribution is 2.38. The molecule has 0 aliphatic carbocycles. The molecular weight excluding hydrogens is 388 g/mol. The summed E-state index contributed by atoms with van der Waals surface area (Å²) in [6, 6.07) is 7.29. The van der Waals surface area contributed by atoms with Crippen LogP contribution in [0.15, 0.2) is 34.2 Å². The van der Waals surface area contributed by atoms with Crippen molar-refractivity contribution in [3.63, 3.8) is 0 Å². The molecule has 1 unspecified atom stereocenters. The van der Waals surface area contributed by atoms with E-state index in [9.17, 15) is 8.42 Å². The van der Waals surface area contributed by atoms with E-state index >= 15 is 0 Å². The number of rotatable bonds is 4. The highest BCUT2D eigenvalue weighted by molar-refractivity contribution is 7.89. The molecule has 0 aromatic heterocycles. The number of guanidine groups is 1. The lowest BCUT2D eigenvalue weighted by molar-refractivity contribution is 0.156. The average Bonchev–Trinajstić information content (AvgIpc) is 3.39. The molecule has 1 N–H and O–H groups in total. The lowest BCUT2D eigenvalue weighted by Gasteiger charge is -2.26. The van der Waals surface area contributed by atoms with Gasteiger partial charge in [-0.2, -0.15) is 4.31 Å². The molecule has 1 aromatic carbocycles. The summed E-state index contributed by atoms with van der Waals surface area (Å²) < 4.78 is 33.1. The number of ether oxygens (including phenoxy) is 1. The maximum atomic E-state index is 12.9. The first-order chi connectivity index (χ1) is 14.0. The predicted octanol–water partition coefficient (Wildman–Crippen LogP) is 2.05. The Hall–Kier alpha value is -1.64. The quantitative estimate of drug-likeness (QED) is 0.596. The van der Waals surface area contributed by atoms with Gasteiger partial charge in [-0.05, 0) is 43.4 Å². The van der Waals surface area contributed by atoms with Gasteiger partial charge in [0.05, 0.1) is 11.5 Å². The van der Waals surface area contributed by atoms with E-state index < -0.39 is 10.0 Å². The Kier molecular flexibility index (Phi) is 6.13. The summed E-state index contributed by atoms with van der Waals surface area (Å²) in [5.74, 6) is 0.873. The Morgan fingerprint density at radius 1 is 1.21 bits per heavy atom. The van der Waals surface area contributed by atoms with Crippen molar-refractivity contribution >= 4 is 16.0 Å². The fourth-order valence-corrected chi connectivity index (χ4v) is 6.26. The second-order valence-corrected chi connectivity index (χ2v) is 10.4. The van der Waals surface area contributed by atoms with Crippen molar-refractivity contribution in [3.8, 4) is 0 Å². The molecule has 8 heteroatoms. The molecule has 160 valence electrons. The minimum atomic E-state index is -3.41. The van der Waals surface area contributed by atoms with E-state index in [2.05, 4.69) is 15.2 Å². The molecule has 1 spiro atoms. The van der Waals surface area contributed by atoms with Gasteiger partial charge in [-0.3, -0.25) is 4.99 Å². The molecule has 3 aliphatic rings. The molecule has 0 amide bonds. The van der Waals surface area contributed by atoms with Crippen LogP contribution in [0, 0.1) is 5.41 Å². The Balaban J connectivity index is 1.40. The molecule has 7 nitrogen and oxygen atoms in total. The maximum Gasteiger partial charge on any atom is 0.243 e. The van der Waals surface area contributed by atoms with E-state index in [0.717, 1.165) is 69.9 Å². The van der Waals surface area contributed by atoms with Crippen LogP contribution < -0.4 is 5.32 Å². The molecule has 29 heavy (non-hydrogen) atoms. The second kappa shape index (κ2) is 8.62. The van der Waals surface area contributed by atoms with Crippen LogP contribution in [0.5, 0.6) is 0 Å². The van der Waals surface area contributed by atoms with Crippen molar-refractivity contribution in [2.24, 2.45) is 10.4 Å². The topological polar surface area (TPSA) is 74.2 Å². The molecule has 3 fully saturated rings. The largest absolute Gasteiger partial charge is 0.381 e. The standard InChI is InChI=1S/C21H32N4O3S/c1-22-20(24-12-8-21(16-24)9-13-28-17-21)23-15-18-6-5-7-19(14-18)29(26,27)25-10-3-2-4-11-25/h5-7,14H,2-4,8-13,15-17H2,1H3,(H,22,23). The highest BCUT2D eigenvalue weighted by Gasteiger charge is 2.42. The maximum absolute atomic E-state index is 12.9. The lowest BCUT2D eigenvalue weighted by atomic mass is 9.87. The van der Waals surface area contributed by atoms with Gasteiger partial charge in [-0.15, -0.1) is 0 Å². The number of sulfonamides is 1. The molecule has 3 aliphatic heterocycles. The zero-order valence-corrected chi connectivity index (χ0v) is 18.1. The molecule has 0 saturated carbocycles. The fourth-order valence-electron chi connectivity index (χ4n) is 4.67. The van der Waals surface area contributed by atoms with Gasteiger partial charge in [0.15, 0.2) is 5.96 Å². The summed E-state index contributed by atoms with van der Waals surface area (Å²) in [5, 5.41) is 3.42. The van der Waals surface area contributed by atoms with Gasteiger partial charge in [-0.1, -0.05) is 18.6 Å². The van der Waals surface area contributed by atoms with Crippen LogP contribution in [0.1, 0.15) is 37.7 Å². The normalized spacial score (nSPS) is 26.4. The zero-order chi connectivity index (χ0) is 20.3. The smallest absolute Gasteiger partial charge is 0.243 e. The van der Waals surface area contributed by atoms with Gasteiger partial charge in [0.25, 0.3) is 0 Å². The lowest BCUT2D eigenvalue weighted by Crippen LogP contribution is -2.41. The van der Waals surface area contributed by atoms with Crippen molar-refractivity contribution in [2.75, 3.05) is 46.4 Å². The third kappa shape index (κ3) is 4.44. The summed E-state index contributed by atoms with van der Waals surface area (Å²) in [7, 11) is -1.61. The van der Waals surface area contributed by atoms with Crippen molar-refractivity contribution in [3.05, 3.63) is 29.8 Å². The third-order valence-corrected chi connectivity index (χ3v) is 8.33. The summed E-state index contributed by atoms with van der Waals surface area (Å²) in [6.45, 7) is 5.45. The first kappa shape index (κ1) is 20.6. The van der Waals surface area contributed by atoms with Gasteiger partial charge in [-0.25, -0.2) is 8.42 Å². The number of hydrogen-bond donors (Lipinski definition) is 1. The summed E-state index contributed by atoms with van der Waals surface area (Å²) >= 11 is 0. The molecular formula is C21H32N4O3S. The SMILES string of the molecule is CN=C(NCc1cccc(S(=O)(=O)N2CCCCC2)c1)N1CCC2(CCOC2)C1. The van der Waals surface area contributed by atoms with Crippen LogP contribution in [0.4, 0.5) is 0 Å². The monoisotopic (exact) mass is 420 g/mol. The molecule has 3 saturated heterocycles. The fraction of sp³-hybridized carbons (Fsp3) is 0.667. The summed E-state index contributed by atoms with van der Waals surface area (Å²) in [6.07, 6.45) is 5.26. The Morgan fingerprint density at radius 2 is 2.03 bits per heavy atom. The first-order valence-electron chi connectivity index (χ1n) is 10.6. The van der Waals surface area contributed by atoms with Gasteiger partial charge < -0.3 is 15.0 Å². The Labute approximate surface area is 174 Å². The number of hydrogen-bond acceptors (Lipinski definition) is 4. The number of piperidine rings is 1. The van der Waals surface area contributed by atoms with Gasteiger partial charge in [0.1, 0.15) is 0 Å². The van der Waals surface area contributed by atoms with Crippen LogP contribution >= 0.6 is 0 Å². The minimum Gasteiger partial charge on any atom is -0.381 e. The van der Waals surface area contributed by atoms with Gasteiger partial charge in [0.2, 0.25) is 10.0 Å². The van der Waals surface area contributed by atoms with E-state index in [1.54, 1.807) is 23.5 Å². The molecule has 0 radical (unpaired) electrons. The van der Waals surface area contributed by atoms with Crippen molar-refractivity contribution < 1.29 is 13.2 Å². The van der Waals surface area contributed by atoms with E-state index in [-0.39, 0.29) is 5.41 Å². The third-order valence-electron chi connectivity index (χ3n) is 6.44.